The van der Waals surface area contributed by atoms with Crippen molar-refractivity contribution in [1.29, 1.82) is 0 Å². The van der Waals surface area contributed by atoms with E-state index in [1.54, 1.807) is 0 Å². The topological polar surface area (TPSA) is 43.7 Å². The molecule has 0 aromatic carbocycles. The van der Waals surface area contributed by atoms with E-state index < -0.39 is 6.10 Å². The summed E-state index contributed by atoms with van der Waals surface area (Å²) in [6, 6.07) is 0. The van der Waals surface area contributed by atoms with Gasteiger partial charge in [-0.1, -0.05) is 19.3 Å². The Morgan fingerprint density at radius 3 is 2.62 bits per heavy atom. The van der Waals surface area contributed by atoms with E-state index in [0.29, 0.717) is 6.54 Å². The Morgan fingerprint density at radius 2 is 2.15 bits per heavy atom. The summed E-state index contributed by atoms with van der Waals surface area (Å²) in [5, 5.41) is 17.8. The molecular weight excluding hydrogens is 166 g/mol. The third-order valence-electron chi connectivity index (χ3n) is 2.88. The highest BCUT2D eigenvalue weighted by molar-refractivity contribution is 4.71. The fraction of sp³-hybridized carbons (Fsp3) is 1.00. The van der Waals surface area contributed by atoms with Crippen molar-refractivity contribution in [2.24, 2.45) is 5.92 Å². The molecule has 0 aromatic rings. The van der Waals surface area contributed by atoms with Crippen molar-refractivity contribution < 1.29 is 10.2 Å². The van der Waals surface area contributed by atoms with Crippen LogP contribution in [-0.2, 0) is 0 Å². The Balaban J connectivity index is 1.99. The number of likely N-dealkylation sites (N-methyl/N-ethyl adjacent to an activating group) is 1. The molecule has 0 spiro atoms. The second kappa shape index (κ2) is 5.58. The van der Waals surface area contributed by atoms with Gasteiger partial charge in [-0.2, -0.15) is 0 Å². The predicted molar refractivity (Wildman–Crippen MR) is 52.5 cm³/mol. The maximum Gasteiger partial charge on any atom is 0.0897 e. The molecular formula is C10H21NO2. The van der Waals surface area contributed by atoms with Gasteiger partial charge in [0.2, 0.25) is 0 Å². The fourth-order valence-electron chi connectivity index (χ4n) is 1.69. The van der Waals surface area contributed by atoms with E-state index in [0.717, 1.165) is 12.5 Å². The minimum absolute atomic E-state index is 0.131. The Labute approximate surface area is 80.4 Å². The average Bonchev–Trinajstić information content (AvgIpc) is 2.01. The van der Waals surface area contributed by atoms with Crippen molar-refractivity contribution in [2.45, 2.75) is 31.8 Å². The lowest BCUT2D eigenvalue weighted by Crippen LogP contribution is -2.33. The first-order chi connectivity index (χ1) is 6.22. The number of aliphatic hydroxyl groups is 2. The van der Waals surface area contributed by atoms with Crippen LogP contribution in [0.15, 0.2) is 0 Å². The van der Waals surface area contributed by atoms with Gasteiger partial charge in [-0.3, -0.25) is 0 Å². The smallest absolute Gasteiger partial charge is 0.0897 e. The zero-order valence-electron chi connectivity index (χ0n) is 8.45. The van der Waals surface area contributed by atoms with Crippen molar-refractivity contribution in [3.05, 3.63) is 0 Å². The summed E-state index contributed by atoms with van der Waals surface area (Å²) >= 11 is 0. The summed E-state index contributed by atoms with van der Waals surface area (Å²) in [4.78, 5) is 2.10. The molecule has 13 heavy (non-hydrogen) atoms. The highest BCUT2D eigenvalue weighted by atomic mass is 16.3. The largest absolute Gasteiger partial charge is 0.394 e. The molecule has 1 aliphatic rings. The number of nitrogens with zero attached hydrogens (tertiary/aromatic N) is 1. The Bertz CT molecular complexity index is 137. The molecule has 0 amide bonds. The summed E-state index contributed by atoms with van der Waals surface area (Å²) in [5.74, 6) is 0.925. The Kier molecular flexibility index (Phi) is 4.70. The maximum atomic E-state index is 9.17. The fourth-order valence-corrected chi connectivity index (χ4v) is 1.69. The molecule has 1 unspecified atom stereocenters. The van der Waals surface area contributed by atoms with Crippen LogP contribution in [0.25, 0.3) is 0 Å². The van der Waals surface area contributed by atoms with Gasteiger partial charge in [-0.25, -0.2) is 0 Å². The van der Waals surface area contributed by atoms with Crippen LogP contribution < -0.4 is 0 Å². The quantitative estimate of drug-likeness (QED) is 0.635. The van der Waals surface area contributed by atoms with E-state index in [4.69, 9.17) is 5.11 Å². The zero-order chi connectivity index (χ0) is 9.68. The molecule has 1 aliphatic carbocycles. The van der Waals surface area contributed by atoms with Gasteiger partial charge in [0.15, 0.2) is 0 Å². The second-order valence-electron chi connectivity index (χ2n) is 4.18. The number of rotatable bonds is 6. The van der Waals surface area contributed by atoms with Crippen molar-refractivity contribution >= 4 is 0 Å². The van der Waals surface area contributed by atoms with Crippen LogP contribution in [-0.4, -0.2) is 48.0 Å². The Morgan fingerprint density at radius 1 is 1.46 bits per heavy atom. The SMILES string of the molecule is CN(CCC1CCC1)CC(O)CO. The van der Waals surface area contributed by atoms with Gasteiger partial charge in [0, 0.05) is 6.54 Å². The third kappa shape index (κ3) is 4.07. The lowest BCUT2D eigenvalue weighted by molar-refractivity contribution is 0.0639. The number of hydrogen-bond acceptors (Lipinski definition) is 3. The van der Waals surface area contributed by atoms with Crippen LogP contribution in [0.2, 0.25) is 0 Å². The molecule has 3 heteroatoms. The van der Waals surface area contributed by atoms with Gasteiger partial charge < -0.3 is 15.1 Å². The summed E-state index contributed by atoms with van der Waals surface area (Å²) in [7, 11) is 2.00. The van der Waals surface area contributed by atoms with Crippen LogP contribution in [0.3, 0.4) is 0 Å². The summed E-state index contributed by atoms with van der Waals surface area (Å²) < 4.78 is 0. The molecule has 0 heterocycles. The molecule has 1 atom stereocenters. The van der Waals surface area contributed by atoms with Gasteiger partial charge >= 0.3 is 0 Å². The minimum Gasteiger partial charge on any atom is -0.394 e. The molecule has 0 aromatic heterocycles. The van der Waals surface area contributed by atoms with E-state index in [1.165, 1.54) is 25.7 Å². The van der Waals surface area contributed by atoms with Crippen molar-refractivity contribution in [2.75, 3.05) is 26.7 Å². The lowest BCUT2D eigenvalue weighted by Gasteiger charge is -2.28. The van der Waals surface area contributed by atoms with Crippen LogP contribution in [0.1, 0.15) is 25.7 Å². The maximum absolute atomic E-state index is 9.17. The van der Waals surface area contributed by atoms with Crippen molar-refractivity contribution in [3.8, 4) is 0 Å². The molecule has 78 valence electrons. The van der Waals surface area contributed by atoms with Crippen molar-refractivity contribution in [1.82, 2.24) is 4.90 Å². The second-order valence-corrected chi connectivity index (χ2v) is 4.18. The van der Waals surface area contributed by atoms with Gasteiger partial charge in [-0.15, -0.1) is 0 Å². The molecule has 1 rings (SSSR count). The van der Waals surface area contributed by atoms with Gasteiger partial charge in [0.1, 0.15) is 0 Å². The first kappa shape index (κ1) is 11.0. The minimum atomic E-state index is -0.577. The Hall–Kier alpha value is -0.120. The molecule has 2 N–H and O–H groups in total. The standard InChI is InChI=1S/C10H21NO2/c1-11(7-10(13)8-12)6-5-9-3-2-4-9/h9-10,12-13H,2-8H2,1H3. The van der Waals surface area contributed by atoms with E-state index in [1.807, 2.05) is 7.05 Å². The monoisotopic (exact) mass is 187 g/mol. The summed E-state index contributed by atoms with van der Waals surface area (Å²) in [6.45, 7) is 1.50. The summed E-state index contributed by atoms with van der Waals surface area (Å²) in [5.41, 5.74) is 0. The molecule has 1 fully saturated rings. The molecule has 1 saturated carbocycles. The third-order valence-corrected chi connectivity index (χ3v) is 2.88. The van der Waals surface area contributed by atoms with Gasteiger partial charge in [0.05, 0.1) is 12.7 Å². The highest BCUT2D eigenvalue weighted by Gasteiger charge is 2.17. The lowest BCUT2D eigenvalue weighted by atomic mass is 9.83. The molecule has 0 saturated heterocycles. The van der Waals surface area contributed by atoms with Gasteiger partial charge in [0.25, 0.3) is 0 Å². The summed E-state index contributed by atoms with van der Waals surface area (Å²) in [6.07, 6.45) is 4.83. The van der Waals surface area contributed by atoms with Gasteiger partial charge in [-0.05, 0) is 25.9 Å². The number of aliphatic hydroxyl groups excluding tert-OH is 2. The van der Waals surface area contributed by atoms with Crippen LogP contribution in [0.5, 0.6) is 0 Å². The normalized spacial score (nSPS) is 20.3. The van der Waals surface area contributed by atoms with E-state index in [-0.39, 0.29) is 6.61 Å². The molecule has 3 nitrogen and oxygen atoms in total. The molecule has 0 aliphatic heterocycles. The van der Waals surface area contributed by atoms with Crippen LogP contribution in [0.4, 0.5) is 0 Å². The zero-order valence-corrected chi connectivity index (χ0v) is 8.45. The van der Waals surface area contributed by atoms with Crippen LogP contribution >= 0.6 is 0 Å². The predicted octanol–water partition coefficient (Wildman–Crippen LogP) is 0.462. The average molecular weight is 187 g/mol. The van der Waals surface area contributed by atoms with E-state index >= 15 is 0 Å². The number of hydrogen-bond donors (Lipinski definition) is 2. The van der Waals surface area contributed by atoms with Crippen molar-refractivity contribution in [3.63, 3.8) is 0 Å². The molecule has 0 bridgehead atoms. The van der Waals surface area contributed by atoms with E-state index in [2.05, 4.69) is 4.90 Å². The highest BCUT2D eigenvalue weighted by Crippen LogP contribution is 2.29. The first-order valence-electron chi connectivity index (χ1n) is 5.20. The first-order valence-corrected chi connectivity index (χ1v) is 5.20. The molecule has 0 radical (unpaired) electrons. The van der Waals surface area contributed by atoms with Crippen LogP contribution in [0, 0.1) is 5.92 Å². The van der Waals surface area contributed by atoms with E-state index in [9.17, 15) is 5.11 Å².